The third-order valence-corrected chi connectivity index (χ3v) is 3.92. The molecule has 23 heavy (non-hydrogen) atoms. The number of carbonyl (C=O) groups excluding carboxylic acids is 3. The van der Waals surface area contributed by atoms with Crippen LogP contribution < -0.4 is 5.32 Å². The Bertz CT molecular complexity index is 466. The van der Waals surface area contributed by atoms with Crippen molar-refractivity contribution in [1.29, 1.82) is 0 Å². The van der Waals surface area contributed by atoms with Crippen LogP contribution in [0, 0.1) is 27.9 Å². The highest BCUT2D eigenvalue weighted by molar-refractivity contribution is 5.88. The van der Waals surface area contributed by atoms with Crippen molar-refractivity contribution in [1.82, 2.24) is 5.32 Å². The van der Waals surface area contributed by atoms with Crippen LogP contribution in [0.15, 0.2) is 0 Å². The zero-order chi connectivity index (χ0) is 17.4. The van der Waals surface area contributed by atoms with Gasteiger partial charge in [0.1, 0.15) is 5.78 Å². The molecule has 1 saturated carbocycles. The van der Waals surface area contributed by atoms with Gasteiger partial charge >= 0.3 is 5.97 Å². The smallest absolute Gasteiger partial charge is 0.307 e. The van der Waals surface area contributed by atoms with E-state index >= 15 is 0 Å². The van der Waals surface area contributed by atoms with Crippen LogP contribution in [-0.4, -0.2) is 56.0 Å². The number of rotatable bonds is 9. The average Bonchev–Trinajstić information content (AvgIpc) is 2.72. The van der Waals surface area contributed by atoms with Crippen LogP contribution in [0.5, 0.6) is 0 Å². The Morgan fingerprint density at radius 1 is 1.43 bits per heavy atom. The van der Waals surface area contributed by atoms with Gasteiger partial charge in [-0.2, -0.15) is 0 Å². The van der Waals surface area contributed by atoms with Gasteiger partial charge in [0, 0.05) is 36.8 Å². The number of amides is 1. The first-order valence-corrected chi connectivity index (χ1v) is 7.41. The molecule has 0 heterocycles. The third kappa shape index (κ3) is 6.31. The summed E-state index contributed by atoms with van der Waals surface area (Å²) in [4.78, 5) is 45.3. The lowest BCUT2D eigenvalue weighted by Crippen LogP contribution is -2.32. The number of esters is 1. The summed E-state index contributed by atoms with van der Waals surface area (Å²) in [6.45, 7) is 1.62. The van der Waals surface area contributed by atoms with E-state index in [4.69, 9.17) is 9.47 Å². The normalized spacial score (nSPS) is 23.6. The molecule has 0 aromatic heterocycles. The molecule has 1 N–H and O–H groups in total. The molecule has 0 aromatic carbocycles. The number of hydrogen-bond acceptors (Lipinski definition) is 7. The fourth-order valence-electron chi connectivity index (χ4n) is 2.73. The van der Waals surface area contributed by atoms with Crippen LogP contribution >= 0.6 is 0 Å². The summed E-state index contributed by atoms with van der Waals surface area (Å²) in [6.07, 6.45) is 0.000980. The second-order valence-electron chi connectivity index (χ2n) is 5.64. The van der Waals surface area contributed by atoms with E-state index in [1.165, 1.54) is 7.11 Å². The summed E-state index contributed by atoms with van der Waals surface area (Å²) in [7, 11) is 1.49. The molecule has 9 heteroatoms. The molecule has 0 radical (unpaired) electrons. The highest BCUT2D eigenvalue weighted by atomic mass is 16.6. The Morgan fingerprint density at radius 2 is 2.13 bits per heavy atom. The highest BCUT2D eigenvalue weighted by Crippen LogP contribution is 2.36. The fourth-order valence-corrected chi connectivity index (χ4v) is 2.73. The molecule has 1 aliphatic carbocycles. The minimum Gasteiger partial charge on any atom is -0.456 e. The van der Waals surface area contributed by atoms with Crippen LogP contribution in [0.3, 0.4) is 0 Å². The average molecular weight is 330 g/mol. The maximum atomic E-state index is 11.9. The van der Waals surface area contributed by atoms with Crippen molar-refractivity contribution in [2.75, 3.05) is 33.4 Å². The summed E-state index contributed by atoms with van der Waals surface area (Å²) in [5, 5.41) is 13.2. The van der Waals surface area contributed by atoms with E-state index in [2.05, 4.69) is 5.32 Å². The Hall–Kier alpha value is -2.03. The van der Waals surface area contributed by atoms with E-state index in [-0.39, 0.29) is 31.1 Å². The molecule has 1 amide bonds. The standard InChI is InChI=1S/C14H22N2O7/c1-9-5-12(17)10(11(9)7-16(20)21)6-14(19)23-8-13(18)15-3-4-22-2/h9-11H,3-8H2,1-2H3,(H,15,18)/t9-,10+,11-/m0/s1. The molecule has 0 aromatic rings. The van der Waals surface area contributed by atoms with E-state index in [0.717, 1.165) is 0 Å². The Morgan fingerprint density at radius 3 is 2.74 bits per heavy atom. The number of carbonyl (C=O) groups is 3. The van der Waals surface area contributed by atoms with Crippen molar-refractivity contribution in [2.45, 2.75) is 19.8 Å². The molecule has 1 aliphatic rings. The van der Waals surface area contributed by atoms with Gasteiger partial charge in [0.2, 0.25) is 6.54 Å². The minimum atomic E-state index is -0.709. The molecule has 1 fully saturated rings. The molecule has 0 unspecified atom stereocenters. The van der Waals surface area contributed by atoms with Gasteiger partial charge in [-0.1, -0.05) is 6.92 Å². The van der Waals surface area contributed by atoms with Gasteiger partial charge in [-0.05, 0) is 5.92 Å². The van der Waals surface area contributed by atoms with Gasteiger partial charge in [-0.25, -0.2) is 0 Å². The predicted molar refractivity (Wildman–Crippen MR) is 78.1 cm³/mol. The van der Waals surface area contributed by atoms with Crippen molar-refractivity contribution in [3.05, 3.63) is 10.1 Å². The minimum absolute atomic E-state index is 0.136. The summed E-state index contributed by atoms with van der Waals surface area (Å²) >= 11 is 0. The van der Waals surface area contributed by atoms with Crippen LogP contribution in [-0.2, 0) is 23.9 Å². The van der Waals surface area contributed by atoms with Crippen molar-refractivity contribution >= 4 is 17.7 Å². The molecule has 130 valence electrons. The number of hydrogen-bond donors (Lipinski definition) is 1. The monoisotopic (exact) mass is 330 g/mol. The molecule has 0 spiro atoms. The quantitative estimate of drug-likeness (QED) is 0.268. The maximum absolute atomic E-state index is 11.9. The van der Waals surface area contributed by atoms with E-state index in [1.54, 1.807) is 6.92 Å². The third-order valence-electron chi connectivity index (χ3n) is 3.92. The topological polar surface area (TPSA) is 125 Å². The molecular formula is C14H22N2O7. The van der Waals surface area contributed by atoms with Gasteiger partial charge < -0.3 is 14.8 Å². The number of nitrogens with zero attached hydrogens (tertiary/aromatic N) is 1. The van der Waals surface area contributed by atoms with Crippen LogP contribution in [0.4, 0.5) is 0 Å². The molecule has 3 atom stereocenters. The molecule has 0 saturated heterocycles. The molecular weight excluding hydrogens is 308 g/mol. The van der Waals surface area contributed by atoms with Crippen LogP contribution in [0.2, 0.25) is 0 Å². The highest BCUT2D eigenvalue weighted by Gasteiger charge is 2.44. The van der Waals surface area contributed by atoms with Crippen molar-refractivity contribution in [3.63, 3.8) is 0 Å². The predicted octanol–water partition coefficient (Wildman–Crippen LogP) is -0.200. The summed E-state index contributed by atoms with van der Waals surface area (Å²) in [5.74, 6) is -2.65. The maximum Gasteiger partial charge on any atom is 0.307 e. The van der Waals surface area contributed by atoms with E-state index in [9.17, 15) is 24.5 Å². The first kappa shape index (κ1) is 19.0. The number of methoxy groups -OCH3 is 1. The summed E-state index contributed by atoms with van der Waals surface area (Å²) in [5.41, 5.74) is 0. The van der Waals surface area contributed by atoms with Crippen LogP contribution in [0.1, 0.15) is 19.8 Å². The van der Waals surface area contributed by atoms with Crippen LogP contribution in [0.25, 0.3) is 0 Å². The van der Waals surface area contributed by atoms with Gasteiger partial charge in [-0.15, -0.1) is 0 Å². The van der Waals surface area contributed by atoms with E-state index in [1.807, 2.05) is 0 Å². The number of nitrogens with one attached hydrogen (secondary N) is 1. The SMILES string of the molecule is COCCNC(=O)COC(=O)C[C@H]1C(=O)C[C@H](C)[C@@H]1C[N+](=O)[O-]. The first-order chi connectivity index (χ1) is 10.8. The molecule has 1 rings (SSSR count). The molecule has 9 nitrogen and oxygen atoms in total. The summed E-state index contributed by atoms with van der Waals surface area (Å²) < 4.78 is 9.58. The van der Waals surface area contributed by atoms with Gasteiger partial charge in [-0.3, -0.25) is 24.5 Å². The van der Waals surface area contributed by atoms with Gasteiger partial charge in [0.25, 0.3) is 5.91 Å². The zero-order valence-electron chi connectivity index (χ0n) is 13.3. The second kappa shape index (κ2) is 9.19. The summed E-state index contributed by atoms with van der Waals surface area (Å²) in [6, 6.07) is 0. The fraction of sp³-hybridized carbons (Fsp3) is 0.786. The van der Waals surface area contributed by atoms with Crippen molar-refractivity contribution in [3.8, 4) is 0 Å². The molecule has 0 bridgehead atoms. The van der Waals surface area contributed by atoms with E-state index in [0.29, 0.717) is 13.2 Å². The Kier molecular flexibility index (Phi) is 7.60. The lowest BCUT2D eigenvalue weighted by Gasteiger charge is -2.17. The Labute approximate surface area is 133 Å². The lowest BCUT2D eigenvalue weighted by atomic mass is 9.88. The largest absolute Gasteiger partial charge is 0.456 e. The van der Waals surface area contributed by atoms with E-state index < -0.39 is 35.2 Å². The number of ketones is 1. The number of Topliss-reactive ketones (excluding diaryl/α,β-unsaturated/α-hetero) is 1. The first-order valence-electron chi connectivity index (χ1n) is 7.41. The zero-order valence-corrected chi connectivity index (χ0v) is 13.3. The van der Waals surface area contributed by atoms with Crippen molar-refractivity contribution < 1.29 is 28.8 Å². The second-order valence-corrected chi connectivity index (χ2v) is 5.64. The number of ether oxygens (including phenoxy) is 2. The molecule has 0 aliphatic heterocycles. The lowest BCUT2D eigenvalue weighted by molar-refractivity contribution is -0.490. The van der Waals surface area contributed by atoms with Crippen molar-refractivity contribution in [2.24, 2.45) is 17.8 Å². The Balaban J connectivity index is 2.43. The number of nitro groups is 1. The van der Waals surface area contributed by atoms with Gasteiger partial charge in [0.05, 0.1) is 13.0 Å². The van der Waals surface area contributed by atoms with Gasteiger partial charge in [0.15, 0.2) is 6.61 Å².